The number of nitrogens with zero attached hydrogens (tertiary/aromatic N) is 12. The fraction of sp³-hybridized carbons (Fsp3) is 0.360. The second-order valence-corrected chi connectivity index (χ2v) is 34.8. The first kappa shape index (κ1) is 81.2. The Kier molecular flexibility index (Phi) is 21.3. The van der Waals surface area contributed by atoms with Gasteiger partial charge in [-0.3, -0.25) is 43.4 Å². The second-order valence-electron chi connectivity index (χ2n) is 28.8. The van der Waals surface area contributed by atoms with Crippen LogP contribution in [0, 0.1) is 38.5 Å². The number of carbonyl (C=O) groups excluding carboxylic acids is 3. The number of halogens is 12. The van der Waals surface area contributed by atoms with Gasteiger partial charge in [-0.2, -0.15) is 15.3 Å². The highest BCUT2D eigenvalue weighted by molar-refractivity contribution is 7.91. The first-order valence-electron chi connectivity index (χ1n) is 34.9. The minimum Gasteiger partial charge on any atom is -0.353 e. The lowest BCUT2D eigenvalue weighted by molar-refractivity contribution is -0.122. The number of Topliss-reactive ketones (excluding diaryl/α,β-unsaturated/α-hetero) is 3. The maximum absolute atomic E-state index is 13.4. The van der Waals surface area contributed by atoms with E-state index in [-0.39, 0.29) is 119 Å². The van der Waals surface area contributed by atoms with Crippen LogP contribution in [0.15, 0.2) is 121 Å². The summed E-state index contributed by atoms with van der Waals surface area (Å²) in [6.07, 6.45) is -9.10. The van der Waals surface area contributed by atoms with Crippen molar-refractivity contribution in [1.82, 2.24) is 44.3 Å². The third-order valence-corrected chi connectivity index (χ3v) is 23.2. The number of aryl methyl sites for hydroxylation is 6. The quantitative estimate of drug-likeness (QED) is 0.0473. The molecule has 15 rings (SSSR count). The Labute approximate surface area is 643 Å². The number of hydrogen-bond acceptors (Lipinski definition) is 21. The molecule has 24 nitrogen and oxygen atoms in total. The fourth-order valence-corrected chi connectivity index (χ4v) is 15.7. The molecule has 114 heavy (non-hydrogen) atoms. The largest absolute Gasteiger partial charge is 0.353 e. The molecule has 1 unspecified atom stereocenters. The van der Waals surface area contributed by atoms with Crippen LogP contribution in [-0.2, 0) is 104 Å². The Hall–Kier alpha value is -10.8. The minimum absolute atomic E-state index is 0.0739. The van der Waals surface area contributed by atoms with Crippen LogP contribution in [0.25, 0.3) is 33.8 Å². The Balaban J connectivity index is 0.000000149. The summed E-state index contributed by atoms with van der Waals surface area (Å²) in [7, 11) is -6.05. The maximum atomic E-state index is 13.4. The predicted octanol–water partition coefficient (Wildman–Crippen LogP) is 13.8. The zero-order valence-corrected chi connectivity index (χ0v) is 64.2. The minimum atomic E-state index is -3.78. The van der Waals surface area contributed by atoms with Crippen molar-refractivity contribution in [2.24, 2.45) is 53.9 Å². The molecule has 0 radical (unpaired) electrons. The lowest BCUT2D eigenvalue weighted by Crippen LogP contribution is -2.13. The van der Waals surface area contributed by atoms with Crippen LogP contribution in [0.1, 0.15) is 70.5 Å². The third-order valence-electron chi connectivity index (χ3n) is 19.8. The molecule has 3 fully saturated rings. The molecule has 3 aliphatic carbocycles. The Bertz CT molecular complexity index is 5360. The number of nitrogens with one attached hydrogen (secondary N) is 3. The molecule has 0 saturated heterocycles. The molecule has 6 aliphatic rings. The summed E-state index contributed by atoms with van der Waals surface area (Å²) in [6, 6.07) is 23.4. The molecule has 6 aromatic heterocycles. The highest BCUT2D eigenvalue weighted by atomic mass is 32.2. The first-order chi connectivity index (χ1) is 53.2. The number of fused-ring (bicyclic) bond motifs is 3. The summed E-state index contributed by atoms with van der Waals surface area (Å²) in [5.41, 5.74) is 6.51. The van der Waals surface area contributed by atoms with E-state index in [0.29, 0.717) is 33.8 Å². The molecule has 600 valence electrons. The van der Waals surface area contributed by atoms with E-state index in [9.17, 15) is 92.3 Å². The van der Waals surface area contributed by atoms with Crippen molar-refractivity contribution in [3.63, 3.8) is 0 Å². The van der Waals surface area contributed by atoms with Crippen LogP contribution < -0.4 is 16.0 Å². The van der Waals surface area contributed by atoms with Crippen molar-refractivity contribution in [1.29, 1.82) is 0 Å². The van der Waals surface area contributed by atoms with Crippen molar-refractivity contribution in [2.45, 2.75) is 130 Å². The van der Waals surface area contributed by atoms with Crippen LogP contribution in [0.4, 0.5) is 104 Å². The summed E-state index contributed by atoms with van der Waals surface area (Å²) in [5, 5.41) is 22.0. The van der Waals surface area contributed by atoms with Gasteiger partial charge in [-0.1, -0.05) is 18.2 Å². The molecule has 9 aromatic rings. The Morgan fingerprint density at radius 1 is 0.404 bits per heavy atom. The predicted molar refractivity (Wildman–Crippen MR) is 398 cm³/mol. The highest BCUT2D eigenvalue weighted by Gasteiger charge is 2.62. The molecule has 3 aliphatic heterocycles. The summed E-state index contributed by atoms with van der Waals surface area (Å²) < 4.78 is 242. The van der Waals surface area contributed by atoms with E-state index in [2.05, 4.69) is 61.2 Å². The number of rotatable bonds is 24. The number of pyridine rings is 3. The zero-order chi connectivity index (χ0) is 82.7. The van der Waals surface area contributed by atoms with Gasteiger partial charge in [0.25, 0.3) is 37.0 Å². The van der Waals surface area contributed by atoms with Gasteiger partial charge in [-0.05, 0) is 93.6 Å². The van der Waals surface area contributed by atoms with Crippen molar-refractivity contribution in [3.8, 4) is 33.8 Å². The van der Waals surface area contributed by atoms with E-state index in [0.717, 1.165) is 35.8 Å². The number of hydrogen-bond donors (Lipinski definition) is 3. The van der Waals surface area contributed by atoms with Crippen LogP contribution in [0.3, 0.4) is 0 Å². The van der Waals surface area contributed by atoms with E-state index in [1.165, 1.54) is 54.6 Å². The maximum Gasteiger partial charge on any atom is 0.277 e. The first-order valence-corrected chi connectivity index (χ1v) is 40.6. The van der Waals surface area contributed by atoms with Gasteiger partial charge < -0.3 is 16.0 Å². The van der Waals surface area contributed by atoms with E-state index in [1.807, 2.05) is 20.8 Å². The Morgan fingerprint density at radius 2 is 0.640 bits per heavy atom. The Morgan fingerprint density at radius 3 is 0.833 bits per heavy atom. The number of alkyl halides is 12. The van der Waals surface area contributed by atoms with Crippen LogP contribution >= 0.6 is 0 Å². The lowest BCUT2D eigenvalue weighted by Gasteiger charge is -2.15. The molecule has 3 aromatic carbocycles. The van der Waals surface area contributed by atoms with Gasteiger partial charge in [0.1, 0.15) is 34.4 Å². The van der Waals surface area contributed by atoms with Crippen molar-refractivity contribution < 1.29 is 92.3 Å². The average molecular weight is 1650 g/mol. The highest BCUT2D eigenvalue weighted by Crippen LogP contribution is 2.53. The number of aromatic nitrogens is 9. The summed E-state index contributed by atoms with van der Waals surface area (Å²) in [5.74, 6) is -15.4. The number of anilines is 6. The monoisotopic (exact) mass is 1650 g/mol. The molecule has 0 bridgehead atoms. The smallest absolute Gasteiger partial charge is 0.277 e. The number of benzene rings is 3. The van der Waals surface area contributed by atoms with E-state index in [4.69, 9.17) is 0 Å². The molecule has 3 saturated carbocycles. The molecular formula is C75H69F12N15O9S3. The topological polar surface area (TPSA) is 319 Å². The normalized spacial score (nSPS) is 17.9. The van der Waals surface area contributed by atoms with E-state index >= 15 is 0 Å². The third kappa shape index (κ3) is 17.5. The van der Waals surface area contributed by atoms with Crippen molar-refractivity contribution >= 4 is 115 Å². The van der Waals surface area contributed by atoms with Gasteiger partial charge in [0, 0.05) is 131 Å². The van der Waals surface area contributed by atoms with Gasteiger partial charge in [-0.15, -0.1) is 0 Å². The van der Waals surface area contributed by atoms with Crippen molar-refractivity contribution in [3.05, 3.63) is 142 Å². The molecule has 0 amide bonds. The average Bonchev–Trinajstić information content (AvgIpc) is 1.29. The summed E-state index contributed by atoms with van der Waals surface area (Å²) in [6.45, 7) is 5.57. The van der Waals surface area contributed by atoms with Crippen LogP contribution in [0.5, 0.6) is 0 Å². The molecule has 9 heterocycles. The molecule has 0 spiro atoms. The molecular weight excluding hydrogens is 1580 g/mol. The number of sulfone groups is 3. The van der Waals surface area contributed by atoms with Crippen molar-refractivity contribution in [2.75, 3.05) is 34.7 Å². The number of ketones is 3. The standard InChI is InChI=1S/3C25H23F4N5O3S/c3*1-12-6-17(33-34(12)2)13-4-5-16(22(7-13)38(3,36)37)31-18-8-14(9-21(35)15-11-25(15,28)29)30-19-10-20(24(26)27)32-23(18)19/h3*4-8,15,24H,9-11H2,1-3H3,(H,30,31)/t2*15-;/m10./s1. The van der Waals surface area contributed by atoms with Gasteiger partial charge in [0.05, 0.1) is 135 Å². The van der Waals surface area contributed by atoms with Gasteiger partial charge in [0.15, 0.2) is 29.5 Å². The van der Waals surface area contributed by atoms with Gasteiger partial charge in [0.2, 0.25) is 0 Å². The number of carbonyl (C=O) groups is 3. The van der Waals surface area contributed by atoms with Gasteiger partial charge in [-0.25, -0.2) is 92.9 Å². The molecule has 3 N–H and O–H groups in total. The van der Waals surface area contributed by atoms with Crippen LogP contribution in [0.2, 0.25) is 0 Å². The zero-order valence-electron chi connectivity index (χ0n) is 61.8. The van der Waals surface area contributed by atoms with E-state index in [1.54, 1.807) is 71.6 Å². The van der Waals surface area contributed by atoms with E-state index < -0.39 is 157 Å². The summed E-state index contributed by atoms with van der Waals surface area (Å²) >= 11 is 0. The lowest BCUT2D eigenvalue weighted by atomic mass is 10.1. The SMILES string of the molecule is Cc1cc(-c2ccc(Nc3cc(CC(=O)C4CC4(F)F)nc4c3N=C(C(F)F)C4)c(S(C)(=O)=O)c2)nn1C.Cc1cc(-c2ccc(Nc3cc(CC(=O)[C@@H]4CC4(F)F)nc4c3N=C(C(F)F)C4)c(S(C)(=O)=O)c2)nn1C.Cc1cc(-c2ccc(Nc3cc(CC(=O)[C@H]4CC4(F)F)nc4c3N=C(C(F)F)C4)c(S(C)(=O)=O)c2)nn1C. The van der Waals surface area contributed by atoms with Crippen LogP contribution in [-0.4, -0.2) is 160 Å². The molecule has 3 atom stereocenters. The fourth-order valence-electron chi connectivity index (χ4n) is 13.1. The van der Waals surface area contributed by atoms with Gasteiger partial charge >= 0.3 is 0 Å². The summed E-state index contributed by atoms with van der Waals surface area (Å²) in [4.78, 5) is 61.5. The second kappa shape index (κ2) is 29.9. The molecule has 39 heteroatoms. The number of aliphatic imine (C=N–C) groups is 3.